The van der Waals surface area contributed by atoms with Crippen molar-refractivity contribution >= 4 is 46.1 Å². The average Bonchev–Trinajstić information content (AvgIpc) is 3.46. The number of benzene rings is 1. The standard InChI is InChI=1S/C31H32FN7O4S/c1-37(18-40)23-7-10-38(11-8-23)15-20-2-4-25(34-14-20)29-13-26-30(44-29)28(6-9-33-26)43-27-5-3-21(12-24(27)32)35-31(42)36-22-16-39(17-22)19-41/h2-6,9,12-14,18-19,22-23H,7-8,10-11,15-17H2,1H3,(H2,35,36,42). The van der Waals surface area contributed by atoms with Crippen LogP contribution in [0.4, 0.5) is 14.9 Å². The molecular formula is C31H32FN7O4S. The number of nitrogens with zero attached hydrogens (tertiary/aromatic N) is 5. The summed E-state index contributed by atoms with van der Waals surface area (Å²) >= 11 is 1.47. The number of aromatic nitrogens is 2. The Hall–Kier alpha value is -4.62. The first-order valence-corrected chi connectivity index (χ1v) is 15.2. The summed E-state index contributed by atoms with van der Waals surface area (Å²) in [4.78, 5) is 49.7. The van der Waals surface area contributed by atoms with Crippen LogP contribution >= 0.6 is 11.3 Å². The maximum atomic E-state index is 15.0. The van der Waals surface area contributed by atoms with Crippen LogP contribution in [0.2, 0.25) is 0 Å². The normalized spacial score (nSPS) is 15.9. The number of anilines is 1. The number of hydrogen-bond acceptors (Lipinski definition) is 8. The lowest BCUT2D eigenvalue weighted by Crippen LogP contribution is -2.59. The van der Waals surface area contributed by atoms with E-state index in [0.29, 0.717) is 24.9 Å². The Morgan fingerprint density at radius 3 is 2.64 bits per heavy atom. The molecule has 2 saturated heterocycles. The molecule has 2 aliphatic heterocycles. The molecule has 2 N–H and O–H groups in total. The molecule has 11 nitrogen and oxygen atoms in total. The van der Waals surface area contributed by atoms with Gasteiger partial charge in [0, 0.05) is 76.0 Å². The van der Waals surface area contributed by atoms with Crippen molar-refractivity contribution < 1.29 is 23.5 Å². The first-order valence-electron chi connectivity index (χ1n) is 14.4. The van der Waals surface area contributed by atoms with Gasteiger partial charge < -0.3 is 25.2 Å². The van der Waals surface area contributed by atoms with Gasteiger partial charge in [0.2, 0.25) is 12.8 Å². The van der Waals surface area contributed by atoms with Gasteiger partial charge in [-0.3, -0.25) is 24.5 Å². The number of halogens is 1. The zero-order valence-electron chi connectivity index (χ0n) is 24.1. The van der Waals surface area contributed by atoms with Crippen LogP contribution in [0.3, 0.4) is 0 Å². The summed E-state index contributed by atoms with van der Waals surface area (Å²) in [5.74, 6) is -0.144. The van der Waals surface area contributed by atoms with Crippen molar-refractivity contribution in [3.8, 4) is 22.1 Å². The number of fused-ring (bicyclic) bond motifs is 1. The van der Waals surface area contributed by atoms with Crippen molar-refractivity contribution in [3.05, 3.63) is 66.2 Å². The summed E-state index contributed by atoms with van der Waals surface area (Å²) in [7, 11) is 1.84. The average molecular weight is 618 g/mol. The van der Waals surface area contributed by atoms with Gasteiger partial charge in [-0.15, -0.1) is 11.3 Å². The molecule has 1 aromatic carbocycles. The second-order valence-corrected chi connectivity index (χ2v) is 12.1. The Morgan fingerprint density at radius 1 is 1.11 bits per heavy atom. The maximum absolute atomic E-state index is 15.0. The van der Waals surface area contributed by atoms with Crippen LogP contribution in [0, 0.1) is 5.82 Å². The number of rotatable bonds is 10. The van der Waals surface area contributed by atoms with Gasteiger partial charge in [0.05, 0.1) is 26.8 Å². The van der Waals surface area contributed by atoms with E-state index in [0.717, 1.165) is 71.6 Å². The third-order valence-corrected chi connectivity index (χ3v) is 9.12. The molecule has 2 fully saturated rings. The lowest BCUT2D eigenvalue weighted by atomic mass is 10.0. The largest absolute Gasteiger partial charge is 0.453 e. The number of carbonyl (C=O) groups excluding carboxylic acids is 3. The fourth-order valence-electron chi connectivity index (χ4n) is 5.44. The van der Waals surface area contributed by atoms with Gasteiger partial charge in [0.25, 0.3) is 0 Å². The molecule has 0 bridgehead atoms. The predicted molar refractivity (Wildman–Crippen MR) is 165 cm³/mol. The quantitative estimate of drug-likeness (QED) is 0.255. The summed E-state index contributed by atoms with van der Waals surface area (Å²) in [6, 6.07) is 11.6. The van der Waals surface area contributed by atoms with E-state index in [1.807, 2.05) is 25.4 Å². The van der Waals surface area contributed by atoms with E-state index < -0.39 is 11.8 Å². The van der Waals surface area contributed by atoms with Crippen molar-refractivity contribution in [2.45, 2.75) is 31.5 Å². The molecule has 0 atom stereocenters. The summed E-state index contributed by atoms with van der Waals surface area (Å²) in [5, 5.41) is 5.35. The smallest absolute Gasteiger partial charge is 0.319 e. The van der Waals surface area contributed by atoms with Crippen LogP contribution in [0.15, 0.2) is 54.9 Å². The lowest BCUT2D eigenvalue weighted by Gasteiger charge is -2.36. The number of carbonyl (C=O) groups is 3. The number of thiophene rings is 1. The fourth-order valence-corrected chi connectivity index (χ4v) is 6.48. The zero-order valence-corrected chi connectivity index (χ0v) is 24.9. The molecule has 5 heterocycles. The van der Waals surface area contributed by atoms with E-state index in [-0.39, 0.29) is 17.5 Å². The minimum Gasteiger partial charge on any atom is -0.453 e. The highest BCUT2D eigenvalue weighted by molar-refractivity contribution is 7.22. The summed E-state index contributed by atoms with van der Waals surface area (Å²) in [6.07, 6.45) is 7.08. The number of pyridine rings is 2. The topological polar surface area (TPSA) is 120 Å². The van der Waals surface area contributed by atoms with Crippen molar-refractivity contribution in [1.29, 1.82) is 0 Å². The van der Waals surface area contributed by atoms with Crippen LogP contribution < -0.4 is 15.4 Å². The highest BCUT2D eigenvalue weighted by Gasteiger charge is 2.27. The van der Waals surface area contributed by atoms with Gasteiger partial charge in [-0.1, -0.05) is 6.07 Å². The van der Waals surface area contributed by atoms with Crippen LogP contribution in [-0.2, 0) is 16.1 Å². The molecule has 6 rings (SSSR count). The molecule has 0 aliphatic carbocycles. The fraction of sp³-hybridized carbons (Fsp3) is 0.323. The Bertz CT molecular complexity index is 1650. The van der Waals surface area contributed by atoms with Crippen molar-refractivity contribution in [2.24, 2.45) is 0 Å². The van der Waals surface area contributed by atoms with Crippen LogP contribution in [0.1, 0.15) is 18.4 Å². The van der Waals surface area contributed by atoms with Gasteiger partial charge in [0.15, 0.2) is 11.6 Å². The number of ether oxygens (including phenoxy) is 1. The number of urea groups is 1. The van der Waals surface area contributed by atoms with E-state index in [1.54, 1.807) is 28.1 Å². The Morgan fingerprint density at radius 2 is 1.93 bits per heavy atom. The van der Waals surface area contributed by atoms with Crippen LogP contribution in [0.5, 0.6) is 11.5 Å². The number of amides is 4. The highest BCUT2D eigenvalue weighted by atomic mass is 32.1. The van der Waals surface area contributed by atoms with Gasteiger partial charge in [0.1, 0.15) is 5.75 Å². The van der Waals surface area contributed by atoms with E-state index >= 15 is 0 Å². The van der Waals surface area contributed by atoms with Crippen LogP contribution in [0.25, 0.3) is 20.8 Å². The summed E-state index contributed by atoms with van der Waals surface area (Å²) in [6.45, 7) is 3.59. The lowest BCUT2D eigenvalue weighted by molar-refractivity contribution is -0.122. The molecule has 4 amide bonds. The van der Waals surface area contributed by atoms with Crippen molar-refractivity contribution in [3.63, 3.8) is 0 Å². The number of likely N-dealkylation sites (tertiary alicyclic amines) is 2. The predicted octanol–water partition coefficient (Wildman–Crippen LogP) is 4.30. The van der Waals surface area contributed by atoms with E-state index in [4.69, 9.17) is 9.72 Å². The summed E-state index contributed by atoms with van der Waals surface area (Å²) in [5.41, 5.74) is 2.94. The first kappa shape index (κ1) is 29.5. The van der Waals surface area contributed by atoms with Crippen molar-refractivity contribution in [2.75, 3.05) is 38.5 Å². The van der Waals surface area contributed by atoms with Crippen LogP contribution in [-0.4, -0.2) is 88.8 Å². The molecule has 2 aliphatic rings. The Balaban J connectivity index is 1.08. The first-order chi connectivity index (χ1) is 21.4. The Labute approximate surface area is 257 Å². The Kier molecular flexibility index (Phi) is 8.66. The second-order valence-electron chi connectivity index (χ2n) is 11.1. The second kappa shape index (κ2) is 12.9. The zero-order chi connectivity index (χ0) is 30.6. The molecule has 0 spiro atoms. The molecule has 13 heteroatoms. The number of hydrogen-bond donors (Lipinski definition) is 2. The molecule has 3 aromatic heterocycles. The monoisotopic (exact) mass is 617 g/mol. The molecular weight excluding hydrogens is 585 g/mol. The molecule has 228 valence electrons. The van der Waals surface area contributed by atoms with E-state index in [1.165, 1.54) is 23.5 Å². The molecule has 0 unspecified atom stereocenters. The van der Waals surface area contributed by atoms with E-state index in [9.17, 15) is 18.8 Å². The van der Waals surface area contributed by atoms with Crippen molar-refractivity contribution in [1.82, 2.24) is 30.0 Å². The molecule has 4 aromatic rings. The molecule has 0 saturated carbocycles. The van der Waals surface area contributed by atoms with Gasteiger partial charge in [-0.05, 0) is 42.7 Å². The number of piperidine rings is 1. The van der Waals surface area contributed by atoms with Gasteiger partial charge >= 0.3 is 6.03 Å². The SMILES string of the molecule is CN(C=O)C1CCN(Cc2ccc(-c3cc4nccc(Oc5ccc(NC(=O)NC6CN(C=O)C6)cc5F)c4s3)nc2)CC1. The van der Waals surface area contributed by atoms with Gasteiger partial charge in [-0.2, -0.15) is 0 Å². The maximum Gasteiger partial charge on any atom is 0.319 e. The third-order valence-electron chi connectivity index (χ3n) is 7.96. The van der Waals surface area contributed by atoms with E-state index in [2.05, 4.69) is 26.6 Å². The molecule has 0 radical (unpaired) electrons. The number of nitrogens with one attached hydrogen (secondary N) is 2. The third kappa shape index (κ3) is 6.63. The summed E-state index contributed by atoms with van der Waals surface area (Å²) < 4.78 is 21.7. The highest BCUT2D eigenvalue weighted by Crippen LogP contribution is 2.39. The molecule has 44 heavy (non-hydrogen) atoms. The minimum absolute atomic E-state index is 0.0170. The minimum atomic E-state index is -0.627. The van der Waals surface area contributed by atoms with Gasteiger partial charge in [-0.25, -0.2) is 9.18 Å².